The van der Waals surface area contributed by atoms with E-state index in [0.717, 1.165) is 22.3 Å². The van der Waals surface area contributed by atoms with Crippen LogP contribution in [0.4, 0.5) is 0 Å². The molecule has 0 aliphatic carbocycles. The lowest BCUT2D eigenvalue weighted by Gasteiger charge is -2.49. The average Bonchev–Trinajstić information content (AvgIpc) is 3.35. The Kier molecular flexibility index (Phi) is 18.3. The smallest absolute Gasteiger partial charge is 0.321 e. The molecule has 14 nitrogen and oxygen atoms in total. The van der Waals surface area contributed by atoms with Crippen molar-refractivity contribution in [2.24, 2.45) is 0 Å². The van der Waals surface area contributed by atoms with Crippen LogP contribution in [0.1, 0.15) is 29.2 Å². The summed E-state index contributed by atoms with van der Waals surface area (Å²) in [5, 5.41) is 11.7. The number of alkyl halides is 1. The summed E-state index contributed by atoms with van der Waals surface area (Å²) >= 11 is 6.07. The maximum Gasteiger partial charge on any atom is 0.321 e. The molecule has 0 unspecified atom stereocenters. The number of hydrogen-bond donors (Lipinski definition) is 1. The van der Waals surface area contributed by atoms with Gasteiger partial charge in [-0.1, -0.05) is 121 Å². The lowest BCUT2D eigenvalue weighted by Crippen LogP contribution is -2.66. The van der Waals surface area contributed by atoms with E-state index >= 15 is 0 Å². The fourth-order valence-corrected chi connectivity index (χ4v) is 7.71. The summed E-state index contributed by atoms with van der Waals surface area (Å²) in [6.07, 6.45) is -11.8. The van der Waals surface area contributed by atoms with Gasteiger partial charge in [0.15, 0.2) is 18.7 Å². The Labute approximate surface area is 389 Å². The third-order valence-corrected chi connectivity index (χ3v) is 11.2. The van der Waals surface area contributed by atoms with Gasteiger partial charge in [0.1, 0.15) is 73.3 Å². The van der Waals surface area contributed by atoms with Gasteiger partial charge < -0.3 is 57.2 Å². The summed E-state index contributed by atoms with van der Waals surface area (Å²) in [7, 11) is 1.57. The zero-order valence-corrected chi connectivity index (χ0v) is 37.5. The number of methoxy groups -OCH3 is 1. The number of ether oxygens (including phenoxy) is 11. The minimum absolute atomic E-state index is 0.0661. The third kappa shape index (κ3) is 13.8. The van der Waals surface area contributed by atoms with Crippen molar-refractivity contribution >= 4 is 23.5 Å². The Hall–Kier alpha value is -5.39. The monoisotopic (exact) mass is 926 g/mol. The number of benzene rings is 5. The molecule has 66 heavy (non-hydrogen) atoms. The van der Waals surface area contributed by atoms with Gasteiger partial charge in [0.25, 0.3) is 0 Å². The second-order valence-corrected chi connectivity index (χ2v) is 15.9. The second-order valence-electron chi connectivity index (χ2n) is 15.6. The summed E-state index contributed by atoms with van der Waals surface area (Å²) in [5.74, 6) is -0.647. The summed E-state index contributed by atoms with van der Waals surface area (Å²) in [5.41, 5.74) is 3.34. The molecule has 2 saturated heterocycles. The minimum Gasteiger partial charge on any atom is -0.497 e. The average molecular weight is 927 g/mol. The normalized spacial score (nSPS) is 25.1. The van der Waals surface area contributed by atoms with E-state index in [9.17, 15) is 14.7 Å². The van der Waals surface area contributed by atoms with Crippen LogP contribution in [0.15, 0.2) is 146 Å². The molecule has 0 saturated carbocycles. The van der Waals surface area contributed by atoms with E-state index in [0.29, 0.717) is 11.5 Å². The molecule has 0 amide bonds. The van der Waals surface area contributed by atoms with Gasteiger partial charge in [-0.15, -0.1) is 11.6 Å². The number of halogens is 1. The summed E-state index contributed by atoms with van der Waals surface area (Å²) < 4.78 is 70.0. The Balaban J connectivity index is 1.29. The lowest BCUT2D eigenvalue weighted by molar-refractivity contribution is -0.370. The highest BCUT2D eigenvalue weighted by atomic mass is 35.5. The first kappa shape index (κ1) is 48.5. The first-order chi connectivity index (χ1) is 32.3. The quantitative estimate of drug-likeness (QED) is 0.0562. The standard InChI is InChI=1S/C51H55ClO14/c1-34(53)57-32-41-45(46(59-28-35-15-7-3-8-16-35)48(50(55)63-41)61-30-37-19-11-5-12-20-37)66-51-49(62-31-38-21-13-6-14-22-38)47(60-29-36-17-9-4-10-18-36)44(65-43(54)27-52)42(64-51)33-58-40-25-23-39(56-2)24-26-40/h3-26,41-42,44-51,55H,27-33H2,1-2H3/t41-,42-,44+,45+,46+,47+,48-,49-,50-,51-/m1/s1. The molecule has 2 heterocycles. The molecule has 0 radical (unpaired) electrons. The molecule has 2 fully saturated rings. The van der Waals surface area contributed by atoms with E-state index in [1.165, 1.54) is 6.92 Å². The van der Waals surface area contributed by atoms with Crippen LogP contribution in [0.25, 0.3) is 0 Å². The van der Waals surface area contributed by atoms with Crippen LogP contribution < -0.4 is 9.47 Å². The van der Waals surface area contributed by atoms with Gasteiger partial charge >= 0.3 is 11.9 Å². The van der Waals surface area contributed by atoms with Crippen LogP contribution in [0.5, 0.6) is 11.5 Å². The second kappa shape index (κ2) is 24.9. The van der Waals surface area contributed by atoms with Crippen LogP contribution in [0.3, 0.4) is 0 Å². The SMILES string of the molecule is COc1ccc(OC[C@H]2O[C@H](O[C@@H]3[C@H](OCc4ccccc4)[C@@H](OCc4ccccc4)[C@H](O)O[C@@H]3COC(C)=O)[C@H](OCc3ccccc3)[C@@H](OCc3ccccc3)[C@H]2OC(=O)CCl)cc1. The Morgan fingerprint density at radius 1 is 0.545 bits per heavy atom. The van der Waals surface area contributed by atoms with Gasteiger partial charge in [0, 0.05) is 6.92 Å². The largest absolute Gasteiger partial charge is 0.497 e. The minimum atomic E-state index is -1.54. The van der Waals surface area contributed by atoms with E-state index in [1.807, 2.05) is 121 Å². The van der Waals surface area contributed by atoms with E-state index < -0.39 is 79.2 Å². The summed E-state index contributed by atoms with van der Waals surface area (Å²) in [6.45, 7) is 1.11. The van der Waals surface area contributed by atoms with Crippen LogP contribution in [-0.2, 0) is 78.6 Å². The summed E-state index contributed by atoms with van der Waals surface area (Å²) in [4.78, 5) is 25.5. The predicted octanol–water partition coefficient (Wildman–Crippen LogP) is 6.96. The molecule has 5 aromatic rings. The van der Waals surface area contributed by atoms with Crippen LogP contribution in [-0.4, -0.2) is 105 Å². The number of carbonyl (C=O) groups is 2. The molecular weight excluding hydrogens is 872 g/mol. The third-order valence-electron chi connectivity index (χ3n) is 10.9. The van der Waals surface area contributed by atoms with Gasteiger partial charge in [-0.2, -0.15) is 0 Å². The molecular formula is C51H55ClO14. The molecule has 15 heteroatoms. The van der Waals surface area contributed by atoms with Crippen molar-refractivity contribution in [3.63, 3.8) is 0 Å². The number of aliphatic hydroxyl groups excluding tert-OH is 1. The molecule has 2 aliphatic heterocycles. The van der Waals surface area contributed by atoms with E-state index in [4.69, 9.17) is 63.7 Å². The van der Waals surface area contributed by atoms with Gasteiger partial charge in [0.2, 0.25) is 0 Å². The highest BCUT2D eigenvalue weighted by molar-refractivity contribution is 6.26. The number of hydrogen-bond acceptors (Lipinski definition) is 14. The fourth-order valence-electron chi connectivity index (χ4n) is 7.65. The van der Waals surface area contributed by atoms with Gasteiger partial charge in [0.05, 0.1) is 33.5 Å². The van der Waals surface area contributed by atoms with Crippen molar-refractivity contribution in [3.8, 4) is 11.5 Å². The number of aliphatic hydroxyl groups is 1. The fraction of sp³-hybridized carbons (Fsp3) is 0.373. The Morgan fingerprint density at radius 2 is 0.985 bits per heavy atom. The first-order valence-corrected chi connectivity index (χ1v) is 22.2. The highest BCUT2D eigenvalue weighted by Crippen LogP contribution is 2.36. The molecule has 5 aromatic carbocycles. The zero-order chi connectivity index (χ0) is 46.1. The molecule has 10 atom stereocenters. The topological polar surface area (TPSA) is 156 Å². The maximum atomic E-state index is 13.2. The molecule has 2 aliphatic rings. The zero-order valence-electron chi connectivity index (χ0n) is 36.7. The first-order valence-electron chi connectivity index (χ1n) is 21.7. The van der Waals surface area contributed by atoms with Crippen LogP contribution in [0, 0.1) is 0 Å². The number of esters is 2. The van der Waals surface area contributed by atoms with Gasteiger partial charge in [-0.25, -0.2) is 0 Å². The summed E-state index contributed by atoms with van der Waals surface area (Å²) in [6, 6.07) is 44.9. The molecule has 7 rings (SSSR count). The molecule has 1 N–H and O–H groups in total. The highest BCUT2D eigenvalue weighted by Gasteiger charge is 2.55. The molecule has 350 valence electrons. The Bertz CT molecular complexity index is 2190. The lowest BCUT2D eigenvalue weighted by atomic mass is 9.95. The van der Waals surface area contributed by atoms with Crippen molar-refractivity contribution in [1.82, 2.24) is 0 Å². The molecule has 0 aromatic heterocycles. The maximum absolute atomic E-state index is 13.2. The van der Waals surface area contributed by atoms with Crippen LogP contribution in [0.2, 0.25) is 0 Å². The van der Waals surface area contributed by atoms with Gasteiger partial charge in [-0.05, 0) is 46.5 Å². The van der Waals surface area contributed by atoms with E-state index in [2.05, 4.69) is 0 Å². The van der Waals surface area contributed by atoms with Crippen molar-refractivity contribution < 1.29 is 66.8 Å². The van der Waals surface area contributed by atoms with Crippen molar-refractivity contribution in [2.45, 2.75) is 94.8 Å². The number of carbonyl (C=O) groups excluding carboxylic acids is 2. The van der Waals surface area contributed by atoms with Crippen molar-refractivity contribution in [2.75, 3.05) is 26.2 Å². The van der Waals surface area contributed by atoms with Crippen LogP contribution >= 0.6 is 11.6 Å². The Morgan fingerprint density at radius 3 is 1.45 bits per heavy atom. The molecule has 0 spiro atoms. The molecule has 0 bridgehead atoms. The van der Waals surface area contributed by atoms with Gasteiger partial charge in [-0.3, -0.25) is 9.59 Å². The predicted molar refractivity (Wildman–Crippen MR) is 240 cm³/mol. The number of rotatable bonds is 22. The van der Waals surface area contributed by atoms with E-state index in [1.54, 1.807) is 31.4 Å². The van der Waals surface area contributed by atoms with Crippen molar-refractivity contribution in [3.05, 3.63) is 168 Å². The van der Waals surface area contributed by atoms with E-state index in [-0.39, 0.29) is 39.6 Å². The van der Waals surface area contributed by atoms with Crippen molar-refractivity contribution in [1.29, 1.82) is 0 Å².